The second-order valence-electron chi connectivity index (χ2n) is 31.5. The molecule has 0 aliphatic heterocycles. The number of aliphatic hydroxyl groups excluding tert-OH is 2. The van der Waals surface area contributed by atoms with E-state index < -0.39 is 142 Å². The second-order valence-corrected chi connectivity index (χ2v) is 31.5. The summed E-state index contributed by atoms with van der Waals surface area (Å²) < 4.78 is 283. The van der Waals surface area contributed by atoms with Crippen molar-refractivity contribution in [2.75, 3.05) is 86.2 Å². The number of aliphatic hydroxyl groups is 2. The minimum atomic E-state index is -4.70. The Kier molecular flexibility index (Phi) is 40.9. The van der Waals surface area contributed by atoms with Crippen LogP contribution in [-0.2, 0) is 42.6 Å². The standard InChI is InChI=1S/C22H22F4N2O4.C21H21F4N3O2.C20H18F4N2O3.C20H16F4N2O3.C20H21FN2O3/c1-2-17(29)13-30-12-14-3-5-15(6-4-14)20-27-21(32-28-20)16-7-8-19(31-10-9-23)18(11-16)22(24,25)26;1-2-10-26-13-14-3-5-15(6-4-14)19-27-20(30-28-19)16-7-8-18(29-11-9-22)17(12-16)21(23,24)25;2*1-2-16(27)12-3-5-13(6-4-12)18-25-19(29-26-18)14-7-8-17(28-10-9-21)15(11-14)20(22,23)24;1-3-11-24-17-7-4-15(5-8-17)19-22-20(26-23-19)16-6-9-18(14(2)13-16)25-12-10-21/h3-8,11,17,29H,2,9-10,12-13H2,1H3;3-8,12,26H,2,9-11,13H2,1H3;3-8,11,16,27H,2,9-10H2,1H3;3-8,11H,2,9-10H2,1H3;4-9,13H,3,10-12H2,1-2H3/i23-1;22-1;3*21-1. The Labute approximate surface area is 824 Å². The Balaban J connectivity index is 0.000000174. The van der Waals surface area contributed by atoms with Gasteiger partial charge in [-0.1, -0.05) is 157 Å². The highest BCUT2D eigenvalue weighted by molar-refractivity contribution is 5.96. The van der Waals surface area contributed by atoms with Gasteiger partial charge in [0.15, 0.2) is 5.78 Å². The second kappa shape index (κ2) is 53.6. The highest BCUT2D eigenvalue weighted by Gasteiger charge is 2.40. The minimum absolute atomic E-state index is 0.0138. The molecule has 0 aliphatic rings. The molecule has 0 amide bonds. The van der Waals surface area contributed by atoms with E-state index in [2.05, 4.69) is 69.9 Å². The van der Waals surface area contributed by atoms with Crippen LogP contribution in [0.4, 0.5) is 74.6 Å². The van der Waals surface area contributed by atoms with Gasteiger partial charge in [-0.2, -0.15) is 77.6 Å². The molecule has 2 unspecified atom stereocenters. The normalized spacial score (nSPS) is 11.9. The van der Waals surface area contributed by atoms with E-state index in [0.29, 0.717) is 77.8 Å². The molecule has 10 aromatic carbocycles. The molecule has 774 valence electrons. The van der Waals surface area contributed by atoms with E-state index in [1.165, 1.54) is 24.3 Å². The van der Waals surface area contributed by atoms with Gasteiger partial charge in [-0.15, -0.1) is 0 Å². The number of hydrogen-bond donors (Lipinski definition) is 3. The molecule has 0 bridgehead atoms. The molecule has 0 aliphatic carbocycles. The van der Waals surface area contributed by atoms with Crippen molar-refractivity contribution < 1.29 is 145 Å². The summed E-state index contributed by atoms with van der Waals surface area (Å²) in [5, 5.41) is 42.0. The van der Waals surface area contributed by atoms with Gasteiger partial charge >= 0.3 is 24.7 Å². The fourth-order valence-electron chi connectivity index (χ4n) is 13.4. The van der Waals surface area contributed by atoms with Crippen LogP contribution in [0.1, 0.15) is 128 Å². The zero-order chi connectivity index (χ0) is 105. The number of halogens is 17. The fourth-order valence-corrected chi connectivity index (χ4v) is 13.4. The number of aryl methyl sites for hydroxylation is 1. The number of ether oxygens (including phenoxy) is 7. The third-order valence-electron chi connectivity index (χ3n) is 20.9. The summed E-state index contributed by atoms with van der Waals surface area (Å²) in [7, 11) is 0. The summed E-state index contributed by atoms with van der Waals surface area (Å²) in [6.45, 7) is 8.46. The molecule has 15 aromatic rings. The first-order valence-electron chi connectivity index (χ1n) is 45.5. The average Bonchev–Trinajstić information content (AvgIpc) is 1.63. The summed E-state index contributed by atoms with van der Waals surface area (Å²) in [4.78, 5) is 32.8. The SMILES string of the molecule is CCC(=O)c1ccc(-c2noc(-c3ccc(OCC[18F])c(C(F)(F)F)c3)n2)cc1.CCC(O)COCc1ccc(-c2noc(-c3ccc(OCC[18F])c(C(F)(F)F)c3)n2)cc1.CCC(O)c1ccc(-c2noc(-c3ccc(OCC[18F])c(C(F)(F)F)c3)n2)cc1.CCCNCc1ccc(-c2noc(-c3ccc(OCC[18F])c(C(F)(F)F)c3)n2)cc1.CCCOc1ccc(-c2noc(-c3ccc(OCC[18F])c(C)c3)n2)cc1. The molecule has 15 rings (SSSR count). The molecule has 0 spiro atoms. The van der Waals surface area contributed by atoms with Gasteiger partial charge in [-0.05, 0) is 177 Å². The van der Waals surface area contributed by atoms with Crippen molar-refractivity contribution in [3.63, 3.8) is 0 Å². The molecule has 0 fully saturated rings. The first-order valence-corrected chi connectivity index (χ1v) is 45.5. The number of carbonyl (C=O) groups excluding carboxylic acids is 1. The number of nitrogens with zero attached hydrogens (tertiary/aromatic N) is 10. The number of ketones is 1. The largest absolute Gasteiger partial charge is 0.494 e. The first kappa shape index (κ1) is 111. The topological polar surface area (TPSA) is 329 Å². The van der Waals surface area contributed by atoms with Gasteiger partial charge in [-0.3, -0.25) is 4.79 Å². The Hall–Kier alpha value is -15.0. The van der Waals surface area contributed by atoms with Crippen LogP contribution in [-0.4, -0.2) is 159 Å². The molecule has 43 heteroatoms. The van der Waals surface area contributed by atoms with Crippen LogP contribution in [0.5, 0.6) is 34.5 Å². The summed E-state index contributed by atoms with van der Waals surface area (Å²) in [5.41, 5.74) is 4.24. The van der Waals surface area contributed by atoms with E-state index in [4.69, 9.17) is 55.8 Å². The summed E-state index contributed by atoms with van der Waals surface area (Å²) in [6.07, 6.45) is -16.3. The van der Waals surface area contributed by atoms with Crippen LogP contribution in [0.15, 0.2) is 235 Å². The maximum Gasteiger partial charge on any atom is 0.419 e. The molecular formula is C103H98F17N11O15. The lowest BCUT2D eigenvalue weighted by Gasteiger charge is -2.13. The lowest BCUT2D eigenvalue weighted by molar-refractivity contribution is -0.139. The predicted molar refractivity (Wildman–Crippen MR) is 502 cm³/mol. The number of benzene rings is 10. The van der Waals surface area contributed by atoms with Crippen LogP contribution in [0, 0.1) is 6.92 Å². The van der Waals surface area contributed by atoms with E-state index in [1.807, 2.05) is 81.4 Å². The first-order chi connectivity index (χ1) is 70.1. The molecular weight excluding hydrogens is 1950 g/mol. The molecule has 5 heterocycles. The average molecular weight is 2050 g/mol. The van der Waals surface area contributed by atoms with Crippen molar-refractivity contribution in [3.8, 4) is 149 Å². The van der Waals surface area contributed by atoms with Gasteiger partial charge in [0, 0.05) is 74.2 Å². The van der Waals surface area contributed by atoms with Crippen LogP contribution >= 0.6 is 0 Å². The van der Waals surface area contributed by atoms with Gasteiger partial charge in [0.05, 0.1) is 54.3 Å². The van der Waals surface area contributed by atoms with E-state index in [1.54, 1.807) is 85.8 Å². The molecule has 5 aromatic heterocycles. The summed E-state index contributed by atoms with van der Waals surface area (Å²) in [5.74, 6) is 1.00. The Bertz CT molecular complexity index is 6580. The highest BCUT2D eigenvalue weighted by atomic mass is 19.4. The number of Topliss-reactive ketones (excluding diaryl/α,β-unsaturated/α-hetero) is 1. The molecule has 146 heavy (non-hydrogen) atoms. The van der Waals surface area contributed by atoms with Crippen LogP contribution in [0.25, 0.3) is 114 Å². The van der Waals surface area contributed by atoms with E-state index in [9.17, 15) is 89.6 Å². The maximum absolute atomic E-state index is 13.4. The van der Waals surface area contributed by atoms with Crippen molar-refractivity contribution in [3.05, 3.63) is 262 Å². The molecule has 26 nitrogen and oxygen atoms in total. The molecule has 0 radical (unpaired) electrons. The number of alkyl halides is 17. The molecule has 0 saturated heterocycles. The van der Waals surface area contributed by atoms with E-state index in [-0.39, 0.29) is 88.1 Å². The maximum atomic E-state index is 13.4. The van der Waals surface area contributed by atoms with Crippen molar-refractivity contribution in [2.24, 2.45) is 0 Å². The number of aromatic nitrogens is 10. The summed E-state index contributed by atoms with van der Waals surface area (Å²) in [6, 6.07) is 54.0. The predicted octanol–water partition coefficient (Wildman–Crippen LogP) is 25.8. The van der Waals surface area contributed by atoms with Crippen molar-refractivity contribution in [1.82, 2.24) is 56.0 Å². The lowest BCUT2D eigenvalue weighted by Crippen LogP contribution is -2.13. The van der Waals surface area contributed by atoms with Crippen LogP contribution in [0.3, 0.4) is 0 Å². The van der Waals surface area contributed by atoms with Crippen LogP contribution < -0.4 is 33.7 Å². The Morgan fingerprint density at radius 3 is 0.952 bits per heavy atom. The third-order valence-corrected chi connectivity index (χ3v) is 20.9. The zero-order valence-electron chi connectivity index (χ0n) is 79.1. The summed E-state index contributed by atoms with van der Waals surface area (Å²) >= 11 is 0. The van der Waals surface area contributed by atoms with E-state index >= 15 is 0 Å². The quantitative estimate of drug-likeness (QED) is 0.0182. The number of carbonyl (C=O) groups is 1. The van der Waals surface area contributed by atoms with Crippen LogP contribution in [0.2, 0.25) is 0 Å². The van der Waals surface area contributed by atoms with Gasteiger partial charge in [0.1, 0.15) is 101 Å². The minimum Gasteiger partial charge on any atom is -0.494 e. The van der Waals surface area contributed by atoms with Crippen molar-refractivity contribution in [1.29, 1.82) is 0 Å². The van der Waals surface area contributed by atoms with Gasteiger partial charge < -0.3 is 71.3 Å². The van der Waals surface area contributed by atoms with E-state index in [0.717, 1.165) is 114 Å². The number of nitrogens with one attached hydrogen (secondary N) is 1. The van der Waals surface area contributed by atoms with Gasteiger partial charge in [0.25, 0.3) is 29.5 Å². The molecule has 2 atom stereocenters. The monoisotopic (exact) mass is 2050 g/mol. The lowest BCUT2D eigenvalue weighted by atomic mass is 10.1. The number of hydrogen-bond acceptors (Lipinski definition) is 26. The number of rotatable bonds is 41. The zero-order valence-corrected chi connectivity index (χ0v) is 79.1. The van der Waals surface area contributed by atoms with Crippen molar-refractivity contribution in [2.45, 2.75) is 124 Å². The fraction of sp³-hybridized carbons (Fsp3) is 0.311. The van der Waals surface area contributed by atoms with Gasteiger partial charge in [0.2, 0.25) is 29.1 Å². The van der Waals surface area contributed by atoms with Gasteiger partial charge in [-0.25, -0.2) is 22.0 Å². The molecule has 0 saturated carbocycles. The Morgan fingerprint density at radius 2 is 0.651 bits per heavy atom. The third kappa shape index (κ3) is 31.8. The smallest absolute Gasteiger partial charge is 0.419 e. The Morgan fingerprint density at radius 1 is 0.349 bits per heavy atom. The highest BCUT2D eigenvalue weighted by Crippen LogP contribution is 2.45. The van der Waals surface area contributed by atoms with Crippen molar-refractivity contribution >= 4 is 5.78 Å². The molecule has 3 N–H and O–H groups in total.